The number of nitrogens with zero attached hydrogens (tertiary/aromatic N) is 2. The molecule has 11 heteroatoms. The van der Waals surface area contributed by atoms with Crippen molar-refractivity contribution in [1.29, 1.82) is 0 Å². The van der Waals surface area contributed by atoms with Gasteiger partial charge in [0.05, 0.1) is 24.3 Å². The van der Waals surface area contributed by atoms with Crippen molar-refractivity contribution < 1.29 is 33.4 Å². The van der Waals surface area contributed by atoms with Crippen molar-refractivity contribution in [3.8, 4) is 5.75 Å². The van der Waals surface area contributed by atoms with Crippen LogP contribution in [0.25, 0.3) is 10.8 Å². The van der Waals surface area contributed by atoms with Gasteiger partial charge in [-0.3, -0.25) is 34.2 Å². The zero-order valence-electron chi connectivity index (χ0n) is 28.7. The summed E-state index contributed by atoms with van der Waals surface area (Å²) in [5.41, 5.74) is 6.29. The molecule has 4 amide bonds. The maximum absolute atomic E-state index is 14.0. The molecule has 0 aromatic heterocycles. The minimum absolute atomic E-state index is 0.0158. The zero-order chi connectivity index (χ0) is 35.3. The Morgan fingerprint density at radius 2 is 1.58 bits per heavy atom. The molecule has 3 atom stereocenters. The van der Waals surface area contributed by atoms with Gasteiger partial charge in [-0.1, -0.05) is 56.3 Å². The van der Waals surface area contributed by atoms with E-state index >= 15 is 0 Å². The van der Waals surface area contributed by atoms with Gasteiger partial charge in [0.15, 0.2) is 0 Å². The Labute approximate surface area is 281 Å². The maximum atomic E-state index is 14.0. The Morgan fingerprint density at radius 3 is 2.17 bits per heavy atom. The molecule has 48 heavy (non-hydrogen) atoms. The van der Waals surface area contributed by atoms with Crippen molar-refractivity contribution in [2.75, 3.05) is 20.7 Å². The lowest BCUT2D eigenvalue weighted by Gasteiger charge is -2.33. The van der Waals surface area contributed by atoms with Crippen molar-refractivity contribution >= 4 is 40.4 Å². The highest BCUT2D eigenvalue weighted by Gasteiger charge is 2.39. The number of imide groups is 1. The number of carbonyl (C=O) groups is 5. The van der Waals surface area contributed by atoms with E-state index in [1.165, 1.54) is 19.1 Å². The summed E-state index contributed by atoms with van der Waals surface area (Å²) in [7, 11) is 3.06. The molecule has 3 aromatic carbocycles. The van der Waals surface area contributed by atoms with Crippen LogP contribution < -0.4 is 15.8 Å². The molecule has 11 nitrogen and oxygen atoms in total. The fraction of sp³-hybridized carbons (Fsp3) is 0.432. The van der Waals surface area contributed by atoms with Crippen LogP contribution in [0.3, 0.4) is 0 Å². The molecule has 256 valence electrons. The standard InChI is InChI=1S/C37H46N4O7/c1-22(2)18-29(35(45)40(6)30(32(38)42)19-23-12-9-8-10-13-23)39-28(36(46)48-37(3,4)5)16-17-41-33(43)26-20-24-14-11-15-31(47-7)25(24)21-27(26)34(41)44/h8-15,20-22,28-30,39H,16-19H2,1-7H3,(H2,38,42)/t28-,29+,30+/m1/s1. The van der Waals surface area contributed by atoms with Crippen molar-refractivity contribution in [3.63, 3.8) is 0 Å². The number of likely N-dealkylation sites (N-methyl/N-ethyl adjacent to an activating group) is 1. The number of nitrogens with two attached hydrogens (primary N) is 1. The van der Waals surface area contributed by atoms with Gasteiger partial charge in [0.25, 0.3) is 11.8 Å². The van der Waals surface area contributed by atoms with Crippen LogP contribution in [0.2, 0.25) is 0 Å². The lowest BCUT2D eigenvalue weighted by molar-refractivity contribution is -0.158. The molecule has 0 saturated carbocycles. The highest BCUT2D eigenvalue weighted by Crippen LogP contribution is 2.33. The van der Waals surface area contributed by atoms with Crippen LogP contribution >= 0.6 is 0 Å². The molecule has 0 radical (unpaired) electrons. The predicted octanol–water partition coefficient (Wildman–Crippen LogP) is 4.10. The fourth-order valence-electron chi connectivity index (χ4n) is 5.93. The number of methoxy groups -OCH3 is 1. The molecule has 0 aliphatic carbocycles. The number of amides is 4. The predicted molar refractivity (Wildman–Crippen MR) is 182 cm³/mol. The third-order valence-electron chi connectivity index (χ3n) is 8.31. The van der Waals surface area contributed by atoms with E-state index in [0.29, 0.717) is 17.6 Å². The van der Waals surface area contributed by atoms with E-state index in [2.05, 4.69) is 5.32 Å². The number of hydrogen-bond acceptors (Lipinski definition) is 8. The SMILES string of the molecule is COc1cccc2cc3c(cc12)C(=O)N(CC[C@@H](N[C@@H](CC(C)C)C(=O)N(C)[C@@H](Cc1ccccc1)C(N)=O)C(=O)OC(C)(C)C)C3=O. The van der Waals surface area contributed by atoms with Gasteiger partial charge in [-0.25, -0.2) is 0 Å². The van der Waals surface area contributed by atoms with Crippen molar-refractivity contribution in [2.45, 2.75) is 77.6 Å². The number of carbonyl (C=O) groups excluding carboxylic acids is 5. The van der Waals surface area contributed by atoms with Crippen LogP contribution in [0.5, 0.6) is 5.75 Å². The molecule has 4 rings (SSSR count). The summed E-state index contributed by atoms with van der Waals surface area (Å²) < 4.78 is 11.2. The lowest BCUT2D eigenvalue weighted by atomic mass is 9.98. The number of benzene rings is 3. The minimum atomic E-state index is -1.06. The fourth-order valence-corrected chi connectivity index (χ4v) is 5.93. The normalized spacial score (nSPS) is 14.9. The summed E-state index contributed by atoms with van der Waals surface area (Å²) in [6.45, 7) is 8.98. The first-order chi connectivity index (χ1) is 22.6. The van der Waals surface area contributed by atoms with Gasteiger partial charge in [-0.05, 0) is 68.7 Å². The molecule has 3 aromatic rings. The van der Waals surface area contributed by atoms with Gasteiger partial charge in [0.2, 0.25) is 11.8 Å². The van der Waals surface area contributed by atoms with E-state index in [0.717, 1.165) is 15.8 Å². The summed E-state index contributed by atoms with van der Waals surface area (Å²) in [4.78, 5) is 69.6. The number of rotatable bonds is 14. The quantitative estimate of drug-likeness (QED) is 0.194. The monoisotopic (exact) mass is 658 g/mol. The van der Waals surface area contributed by atoms with E-state index in [1.54, 1.807) is 39.0 Å². The first-order valence-corrected chi connectivity index (χ1v) is 16.2. The average molecular weight is 659 g/mol. The summed E-state index contributed by atoms with van der Waals surface area (Å²) in [5.74, 6) is -2.04. The average Bonchev–Trinajstić information content (AvgIpc) is 3.26. The second-order valence-corrected chi connectivity index (χ2v) is 13.6. The Kier molecular flexibility index (Phi) is 11.3. The minimum Gasteiger partial charge on any atom is -0.496 e. The van der Waals surface area contributed by atoms with Gasteiger partial charge in [-0.2, -0.15) is 0 Å². The van der Waals surface area contributed by atoms with Crippen LogP contribution in [-0.2, 0) is 25.5 Å². The first kappa shape index (κ1) is 36.1. The number of ether oxygens (including phenoxy) is 2. The van der Waals surface area contributed by atoms with Gasteiger partial charge < -0.3 is 20.1 Å². The second-order valence-electron chi connectivity index (χ2n) is 13.6. The highest BCUT2D eigenvalue weighted by atomic mass is 16.6. The summed E-state index contributed by atoms with van der Waals surface area (Å²) in [5, 5.41) is 4.64. The van der Waals surface area contributed by atoms with Crippen LogP contribution in [0.15, 0.2) is 60.7 Å². The van der Waals surface area contributed by atoms with Crippen molar-refractivity contribution in [2.24, 2.45) is 11.7 Å². The number of primary amides is 1. The van der Waals surface area contributed by atoms with Gasteiger partial charge in [-0.15, -0.1) is 0 Å². The Bertz CT molecular complexity index is 1680. The molecule has 0 fully saturated rings. The number of nitrogens with one attached hydrogen (secondary N) is 1. The largest absolute Gasteiger partial charge is 0.496 e. The molecular formula is C37H46N4O7. The van der Waals surface area contributed by atoms with Crippen molar-refractivity contribution in [3.05, 3.63) is 77.4 Å². The highest BCUT2D eigenvalue weighted by molar-refractivity contribution is 6.23. The zero-order valence-corrected chi connectivity index (χ0v) is 28.7. The molecule has 1 aliphatic heterocycles. The molecule has 1 heterocycles. The van der Waals surface area contributed by atoms with E-state index in [-0.39, 0.29) is 36.4 Å². The molecule has 0 saturated heterocycles. The number of hydrogen-bond donors (Lipinski definition) is 2. The Morgan fingerprint density at radius 1 is 0.938 bits per heavy atom. The van der Waals surface area contributed by atoms with Gasteiger partial charge in [0, 0.05) is 25.4 Å². The van der Waals surface area contributed by atoms with Gasteiger partial charge in [0.1, 0.15) is 23.4 Å². The number of esters is 1. The van der Waals surface area contributed by atoms with Crippen LogP contribution in [-0.4, -0.2) is 83.8 Å². The molecule has 0 spiro atoms. The lowest BCUT2D eigenvalue weighted by Crippen LogP contribution is -2.57. The Balaban J connectivity index is 1.59. The maximum Gasteiger partial charge on any atom is 0.323 e. The van der Waals surface area contributed by atoms with E-state index < -0.39 is 53.3 Å². The number of fused-ring (bicyclic) bond motifs is 2. The smallest absolute Gasteiger partial charge is 0.323 e. The summed E-state index contributed by atoms with van der Waals surface area (Å²) in [6, 6.07) is 15.1. The van der Waals surface area contributed by atoms with Crippen LogP contribution in [0.1, 0.15) is 73.7 Å². The van der Waals surface area contributed by atoms with Crippen LogP contribution in [0, 0.1) is 5.92 Å². The molecule has 0 bridgehead atoms. The van der Waals surface area contributed by atoms with Crippen LogP contribution in [0.4, 0.5) is 0 Å². The summed E-state index contributed by atoms with van der Waals surface area (Å²) in [6.07, 6.45) is 0.543. The first-order valence-electron chi connectivity index (χ1n) is 16.2. The Hall–Kier alpha value is -4.77. The third-order valence-corrected chi connectivity index (χ3v) is 8.31. The van der Waals surface area contributed by atoms with E-state index in [4.69, 9.17) is 15.2 Å². The van der Waals surface area contributed by atoms with Gasteiger partial charge >= 0.3 is 5.97 Å². The van der Waals surface area contributed by atoms with Crippen molar-refractivity contribution in [1.82, 2.24) is 15.1 Å². The topological polar surface area (TPSA) is 148 Å². The molecule has 1 aliphatic rings. The summed E-state index contributed by atoms with van der Waals surface area (Å²) >= 11 is 0. The second kappa shape index (κ2) is 15.0. The molecule has 3 N–H and O–H groups in total. The third kappa shape index (κ3) is 8.38. The van der Waals surface area contributed by atoms with E-state index in [1.807, 2.05) is 56.3 Å². The van der Waals surface area contributed by atoms with E-state index in [9.17, 15) is 24.0 Å². The molecular weight excluding hydrogens is 612 g/mol. The molecule has 0 unspecified atom stereocenters.